The highest BCUT2D eigenvalue weighted by Crippen LogP contribution is 2.24. The first-order valence-electron chi connectivity index (χ1n) is 8.92. The molecule has 1 aliphatic heterocycles. The van der Waals surface area contributed by atoms with Crippen LogP contribution in [0.25, 0.3) is 0 Å². The zero-order valence-electron chi connectivity index (χ0n) is 15.6. The zero-order valence-corrected chi connectivity index (χ0v) is 15.6. The van der Waals surface area contributed by atoms with Gasteiger partial charge in [-0.25, -0.2) is 0 Å². The van der Waals surface area contributed by atoms with Gasteiger partial charge in [-0.05, 0) is 37.1 Å². The molecule has 144 valence electrons. The van der Waals surface area contributed by atoms with E-state index in [0.29, 0.717) is 30.2 Å². The fourth-order valence-corrected chi connectivity index (χ4v) is 3.27. The molecule has 3 rings (SSSR count). The van der Waals surface area contributed by atoms with Crippen molar-refractivity contribution in [2.24, 2.45) is 0 Å². The second-order valence-electron chi connectivity index (χ2n) is 6.50. The molecule has 7 heteroatoms. The normalized spacial score (nSPS) is 14.7. The third-order valence-corrected chi connectivity index (χ3v) is 4.75. The molecule has 1 N–H and O–H groups in total. The summed E-state index contributed by atoms with van der Waals surface area (Å²) in [5.74, 6) is 1.24. The van der Waals surface area contributed by atoms with Crippen molar-refractivity contribution in [1.82, 2.24) is 10.2 Å². The minimum Gasteiger partial charge on any atom is -0.497 e. The number of hydrogen-bond acceptors (Lipinski definition) is 5. The number of hydrogen-bond donors (Lipinski definition) is 1. The largest absolute Gasteiger partial charge is 0.497 e. The van der Waals surface area contributed by atoms with Gasteiger partial charge in [-0.1, -0.05) is 0 Å². The van der Waals surface area contributed by atoms with Crippen molar-refractivity contribution in [3.63, 3.8) is 0 Å². The first kappa shape index (κ1) is 18.8. The first-order chi connectivity index (χ1) is 13.1. The van der Waals surface area contributed by atoms with Crippen LogP contribution in [-0.2, 0) is 11.2 Å². The standard InChI is InChI=1S/C20H24N2O5/c1-25-17-3-4-18(26-2)15(11-17)12-19(23)21-16-5-8-22(9-6-16)20(24)14-7-10-27-13-14/h3-4,7,10-11,13,16H,5-6,8-9,12H2,1-2H3,(H,21,23). The number of likely N-dealkylation sites (tertiary alicyclic amines) is 1. The van der Waals surface area contributed by atoms with Gasteiger partial charge in [0.05, 0.1) is 32.5 Å². The fraction of sp³-hybridized carbons (Fsp3) is 0.400. The molecule has 0 saturated carbocycles. The van der Waals surface area contributed by atoms with E-state index in [1.165, 1.54) is 12.5 Å². The molecule has 1 aliphatic rings. The SMILES string of the molecule is COc1ccc(OC)c(CC(=O)NC2CCN(C(=O)c3ccoc3)CC2)c1. The predicted molar refractivity (Wildman–Crippen MR) is 99.0 cm³/mol. The lowest BCUT2D eigenvalue weighted by Gasteiger charge is -2.32. The molecule has 27 heavy (non-hydrogen) atoms. The molecular formula is C20H24N2O5. The number of nitrogens with zero attached hydrogens (tertiary/aromatic N) is 1. The van der Waals surface area contributed by atoms with Gasteiger partial charge >= 0.3 is 0 Å². The lowest BCUT2D eigenvalue weighted by atomic mass is 10.0. The molecule has 1 aromatic heterocycles. The summed E-state index contributed by atoms with van der Waals surface area (Å²) in [4.78, 5) is 26.6. The molecule has 0 spiro atoms. The predicted octanol–water partition coefficient (Wildman–Crippen LogP) is 2.26. The maximum Gasteiger partial charge on any atom is 0.257 e. The quantitative estimate of drug-likeness (QED) is 0.841. The van der Waals surface area contributed by atoms with Crippen molar-refractivity contribution in [2.75, 3.05) is 27.3 Å². The van der Waals surface area contributed by atoms with Crippen LogP contribution in [0.1, 0.15) is 28.8 Å². The summed E-state index contributed by atoms with van der Waals surface area (Å²) in [5, 5.41) is 3.06. The van der Waals surface area contributed by atoms with E-state index in [1.54, 1.807) is 37.3 Å². The van der Waals surface area contributed by atoms with Crippen LogP contribution in [0, 0.1) is 0 Å². The summed E-state index contributed by atoms with van der Waals surface area (Å²) in [6.07, 6.45) is 4.62. The molecular weight excluding hydrogens is 348 g/mol. The highest BCUT2D eigenvalue weighted by atomic mass is 16.5. The highest BCUT2D eigenvalue weighted by Gasteiger charge is 2.25. The van der Waals surface area contributed by atoms with E-state index in [4.69, 9.17) is 13.9 Å². The molecule has 0 aliphatic carbocycles. The van der Waals surface area contributed by atoms with Crippen LogP contribution < -0.4 is 14.8 Å². The Bertz CT molecular complexity index is 780. The topological polar surface area (TPSA) is 81.0 Å². The maximum atomic E-state index is 12.5. The van der Waals surface area contributed by atoms with Gasteiger partial charge in [-0.2, -0.15) is 0 Å². The molecule has 0 atom stereocenters. The number of nitrogens with one attached hydrogen (secondary N) is 1. The molecule has 0 bridgehead atoms. The summed E-state index contributed by atoms with van der Waals surface area (Å²) >= 11 is 0. The molecule has 2 heterocycles. The third-order valence-electron chi connectivity index (χ3n) is 4.75. The Morgan fingerprint density at radius 2 is 1.96 bits per heavy atom. The molecule has 1 aromatic carbocycles. The van der Waals surface area contributed by atoms with Gasteiger partial charge in [-0.3, -0.25) is 9.59 Å². The number of rotatable bonds is 6. The Hall–Kier alpha value is -2.96. The van der Waals surface area contributed by atoms with Gasteiger partial charge in [0.1, 0.15) is 17.8 Å². The van der Waals surface area contributed by atoms with E-state index >= 15 is 0 Å². The fourth-order valence-electron chi connectivity index (χ4n) is 3.27. The average Bonchev–Trinajstić information content (AvgIpc) is 3.22. The summed E-state index contributed by atoms with van der Waals surface area (Å²) in [6.45, 7) is 1.22. The Morgan fingerprint density at radius 3 is 2.59 bits per heavy atom. The Labute approximate surface area is 158 Å². The monoisotopic (exact) mass is 372 g/mol. The van der Waals surface area contributed by atoms with Gasteiger partial charge in [0.25, 0.3) is 5.91 Å². The van der Waals surface area contributed by atoms with Crippen molar-refractivity contribution in [3.8, 4) is 11.5 Å². The zero-order chi connectivity index (χ0) is 19.2. The number of carbonyl (C=O) groups is 2. The summed E-state index contributed by atoms with van der Waals surface area (Å²) in [5.41, 5.74) is 1.34. The van der Waals surface area contributed by atoms with Crippen LogP contribution in [-0.4, -0.2) is 50.1 Å². The lowest BCUT2D eigenvalue weighted by Crippen LogP contribution is -2.46. The van der Waals surface area contributed by atoms with E-state index < -0.39 is 0 Å². The Balaban J connectivity index is 1.52. The smallest absolute Gasteiger partial charge is 0.257 e. The van der Waals surface area contributed by atoms with Crippen LogP contribution >= 0.6 is 0 Å². The number of benzene rings is 1. The molecule has 7 nitrogen and oxygen atoms in total. The molecule has 2 aromatic rings. The number of methoxy groups -OCH3 is 2. The number of piperidine rings is 1. The van der Waals surface area contributed by atoms with Crippen LogP contribution in [0.3, 0.4) is 0 Å². The van der Waals surface area contributed by atoms with E-state index in [2.05, 4.69) is 5.32 Å². The van der Waals surface area contributed by atoms with Gasteiger partial charge in [0, 0.05) is 24.7 Å². The number of amides is 2. The summed E-state index contributed by atoms with van der Waals surface area (Å²) in [7, 11) is 3.17. The van der Waals surface area contributed by atoms with E-state index in [9.17, 15) is 9.59 Å². The van der Waals surface area contributed by atoms with Crippen molar-refractivity contribution < 1.29 is 23.5 Å². The highest BCUT2D eigenvalue weighted by molar-refractivity contribution is 5.93. The molecule has 0 unspecified atom stereocenters. The number of furan rings is 1. The molecule has 2 amide bonds. The van der Waals surface area contributed by atoms with Crippen molar-refractivity contribution in [2.45, 2.75) is 25.3 Å². The Kier molecular flexibility index (Phi) is 6.01. The van der Waals surface area contributed by atoms with Gasteiger partial charge in [-0.15, -0.1) is 0 Å². The molecule has 0 radical (unpaired) electrons. The second kappa shape index (κ2) is 8.62. The average molecular weight is 372 g/mol. The second-order valence-corrected chi connectivity index (χ2v) is 6.50. The van der Waals surface area contributed by atoms with Gasteiger partial charge < -0.3 is 24.1 Å². The van der Waals surface area contributed by atoms with E-state index in [1.807, 2.05) is 6.07 Å². The van der Waals surface area contributed by atoms with Crippen molar-refractivity contribution in [1.29, 1.82) is 0 Å². The van der Waals surface area contributed by atoms with Crippen LogP contribution in [0.2, 0.25) is 0 Å². The number of carbonyl (C=O) groups excluding carboxylic acids is 2. The first-order valence-corrected chi connectivity index (χ1v) is 8.92. The Morgan fingerprint density at radius 1 is 1.19 bits per heavy atom. The maximum absolute atomic E-state index is 12.5. The van der Waals surface area contributed by atoms with Gasteiger partial charge in [0.2, 0.25) is 5.91 Å². The van der Waals surface area contributed by atoms with Crippen LogP contribution in [0.15, 0.2) is 41.2 Å². The summed E-state index contributed by atoms with van der Waals surface area (Å²) < 4.78 is 15.5. The number of ether oxygens (including phenoxy) is 2. The molecule has 1 saturated heterocycles. The van der Waals surface area contributed by atoms with Gasteiger partial charge in [0.15, 0.2) is 0 Å². The van der Waals surface area contributed by atoms with E-state index in [0.717, 1.165) is 18.4 Å². The minimum atomic E-state index is -0.0684. The van der Waals surface area contributed by atoms with Crippen molar-refractivity contribution in [3.05, 3.63) is 47.9 Å². The van der Waals surface area contributed by atoms with Crippen molar-refractivity contribution >= 4 is 11.8 Å². The lowest BCUT2D eigenvalue weighted by molar-refractivity contribution is -0.121. The van der Waals surface area contributed by atoms with E-state index in [-0.39, 0.29) is 24.3 Å². The third kappa shape index (κ3) is 4.61. The van der Waals surface area contributed by atoms with Crippen LogP contribution in [0.4, 0.5) is 0 Å². The minimum absolute atomic E-state index is 0.0327. The summed E-state index contributed by atoms with van der Waals surface area (Å²) in [6, 6.07) is 7.12. The van der Waals surface area contributed by atoms with Crippen LogP contribution in [0.5, 0.6) is 11.5 Å². The molecule has 1 fully saturated rings.